The van der Waals surface area contributed by atoms with Crippen LogP contribution in [-0.2, 0) is 6.54 Å². The molecule has 2 N–H and O–H groups in total. The van der Waals surface area contributed by atoms with Crippen LogP contribution in [0.4, 0.5) is 4.79 Å². The Labute approximate surface area is 130 Å². The molecule has 0 bridgehead atoms. The van der Waals surface area contributed by atoms with E-state index in [0.29, 0.717) is 12.5 Å². The van der Waals surface area contributed by atoms with Gasteiger partial charge in [0.05, 0.1) is 17.2 Å². The summed E-state index contributed by atoms with van der Waals surface area (Å²) in [6.07, 6.45) is 3.97. The molecule has 1 aromatic rings. The predicted octanol–water partition coefficient (Wildman–Crippen LogP) is 2.45. The molecule has 6 heteroatoms. The van der Waals surface area contributed by atoms with Gasteiger partial charge in [0.25, 0.3) is 0 Å². The molecule has 0 aromatic carbocycles. The number of aliphatic hydroxyl groups excluding tert-OH is 1. The van der Waals surface area contributed by atoms with Gasteiger partial charge in [0, 0.05) is 24.6 Å². The number of aliphatic hydroxyl groups is 1. The van der Waals surface area contributed by atoms with Gasteiger partial charge in [0.1, 0.15) is 0 Å². The van der Waals surface area contributed by atoms with Crippen LogP contribution in [0.2, 0.25) is 0 Å². The Morgan fingerprint density at radius 3 is 2.57 bits per heavy atom. The van der Waals surface area contributed by atoms with E-state index in [-0.39, 0.29) is 18.7 Å². The highest BCUT2D eigenvalue weighted by atomic mass is 32.1. The lowest BCUT2D eigenvalue weighted by atomic mass is 9.86. The Morgan fingerprint density at radius 1 is 1.38 bits per heavy atom. The minimum Gasteiger partial charge on any atom is -0.396 e. The predicted molar refractivity (Wildman–Crippen MR) is 84.4 cm³/mol. The first-order valence-corrected chi connectivity index (χ1v) is 8.37. The first kappa shape index (κ1) is 16.2. The van der Waals surface area contributed by atoms with Crippen LogP contribution in [0.5, 0.6) is 0 Å². The number of nitrogens with zero attached hydrogens (tertiary/aromatic N) is 2. The van der Waals surface area contributed by atoms with Gasteiger partial charge in [0.2, 0.25) is 0 Å². The van der Waals surface area contributed by atoms with E-state index in [4.69, 9.17) is 5.11 Å². The number of rotatable bonds is 4. The van der Waals surface area contributed by atoms with Gasteiger partial charge in [0.15, 0.2) is 0 Å². The van der Waals surface area contributed by atoms with Crippen LogP contribution >= 0.6 is 11.3 Å². The fraction of sp³-hybridized carbons (Fsp3) is 0.733. The molecule has 118 valence electrons. The van der Waals surface area contributed by atoms with Gasteiger partial charge < -0.3 is 15.3 Å². The van der Waals surface area contributed by atoms with E-state index in [1.54, 1.807) is 11.3 Å². The van der Waals surface area contributed by atoms with Crippen molar-refractivity contribution in [2.45, 2.75) is 52.1 Å². The Bertz CT molecular complexity index is 481. The van der Waals surface area contributed by atoms with Gasteiger partial charge in [-0.15, -0.1) is 11.3 Å². The van der Waals surface area contributed by atoms with Crippen LogP contribution in [0.1, 0.15) is 41.3 Å². The molecule has 1 aromatic heterocycles. The minimum atomic E-state index is -0.0205. The fourth-order valence-electron chi connectivity index (χ4n) is 2.90. The quantitative estimate of drug-likeness (QED) is 0.897. The number of amides is 2. The molecule has 1 aliphatic carbocycles. The third-order valence-electron chi connectivity index (χ3n) is 4.34. The number of aryl methyl sites for hydroxylation is 2. The van der Waals surface area contributed by atoms with Crippen molar-refractivity contribution < 1.29 is 9.90 Å². The standard InChI is InChI=1S/C15H25N3O2S/c1-10-14(21-11(2)17-10)8-16-15(20)18(3)13-6-4-12(9-19)5-7-13/h12-13,19H,4-9H2,1-3H3,(H,16,20). The molecule has 0 unspecified atom stereocenters. The molecule has 21 heavy (non-hydrogen) atoms. The smallest absolute Gasteiger partial charge is 0.317 e. The van der Waals surface area contributed by atoms with Crippen molar-refractivity contribution in [2.24, 2.45) is 5.92 Å². The Kier molecular flexibility index (Phi) is 5.58. The maximum Gasteiger partial charge on any atom is 0.317 e. The van der Waals surface area contributed by atoms with Gasteiger partial charge in [-0.05, 0) is 45.4 Å². The van der Waals surface area contributed by atoms with Crippen molar-refractivity contribution >= 4 is 17.4 Å². The van der Waals surface area contributed by atoms with Crippen molar-refractivity contribution in [1.82, 2.24) is 15.2 Å². The molecule has 1 aliphatic rings. The topological polar surface area (TPSA) is 65.5 Å². The maximum absolute atomic E-state index is 12.2. The number of nitrogens with one attached hydrogen (secondary N) is 1. The summed E-state index contributed by atoms with van der Waals surface area (Å²) in [4.78, 5) is 19.5. The van der Waals surface area contributed by atoms with E-state index < -0.39 is 0 Å². The van der Waals surface area contributed by atoms with E-state index in [1.165, 1.54) is 0 Å². The number of urea groups is 1. The minimum absolute atomic E-state index is 0.0205. The molecule has 5 nitrogen and oxygen atoms in total. The van der Waals surface area contributed by atoms with Gasteiger partial charge in [-0.3, -0.25) is 0 Å². The number of hydrogen-bond acceptors (Lipinski definition) is 4. The summed E-state index contributed by atoms with van der Waals surface area (Å²) in [5.41, 5.74) is 1.00. The highest BCUT2D eigenvalue weighted by Gasteiger charge is 2.26. The zero-order valence-electron chi connectivity index (χ0n) is 13.1. The molecule has 2 rings (SSSR count). The second-order valence-corrected chi connectivity index (χ2v) is 7.16. The lowest BCUT2D eigenvalue weighted by Gasteiger charge is -2.34. The van der Waals surface area contributed by atoms with E-state index in [9.17, 15) is 4.79 Å². The van der Waals surface area contributed by atoms with Crippen molar-refractivity contribution in [3.63, 3.8) is 0 Å². The lowest BCUT2D eigenvalue weighted by Crippen LogP contribution is -2.45. The largest absolute Gasteiger partial charge is 0.396 e. The number of carbonyl (C=O) groups excluding carboxylic acids is 1. The average molecular weight is 311 g/mol. The molecule has 0 radical (unpaired) electrons. The zero-order valence-corrected chi connectivity index (χ0v) is 13.9. The van der Waals surface area contributed by atoms with Gasteiger partial charge in [-0.2, -0.15) is 0 Å². The number of aromatic nitrogens is 1. The number of hydrogen-bond donors (Lipinski definition) is 2. The molecule has 0 saturated heterocycles. The molecule has 1 saturated carbocycles. The Hall–Kier alpha value is -1.14. The van der Waals surface area contributed by atoms with E-state index in [1.807, 2.05) is 25.8 Å². The summed E-state index contributed by atoms with van der Waals surface area (Å²) < 4.78 is 0. The number of carbonyl (C=O) groups is 1. The van der Waals surface area contributed by atoms with Crippen LogP contribution in [0.15, 0.2) is 0 Å². The number of thiazole rings is 1. The van der Waals surface area contributed by atoms with Gasteiger partial charge in [-0.1, -0.05) is 0 Å². The van der Waals surface area contributed by atoms with Gasteiger partial charge >= 0.3 is 6.03 Å². The highest BCUT2D eigenvalue weighted by Crippen LogP contribution is 2.26. The van der Waals surface area contributed by atoms with Crippen LogP contribution in [0.25, 0.3) is 0 Å². The van der Waals surface area contributed by atoms with Crippen LogP contribution in [-0.4, -0.2) is 40.7 Å². The van der Waals surface area contributed by atoms with Crippen LogP contribution < -0.4 is 5.32 Å². The maximum atomic E-state index is 12.2. The first-order chi connectivity index (χ1) is 10.0. The normalized spacial score (nSPS) is 22.1. The zero-order chi connectivity index (χ0) is 15.4. The molecule has 1 heterocycles. The highest BCUT2D eigenvalue weighted by molar-refractivity contribution is 7.11. The summed E-state index contributed by atoms with van der Waals surface area (Å²) >= 11 is 1.63. The molecule has 1 fully saturated rings. The van der Waals surface area contributed by atoms with Crippen molar-refractivity contribution in [3.05, 3.63) is 15.6 Å². The molecule has 0 atom stereocenters. The third-order valence-corrected chi connectivity index (χ3v) is 5.42. The van der Waals surface area contributed by atoms with Crippen molar-refractivity contribution in [2.75, 3.05) is 13.7 Å². The fourth-order valence-corrected chi connectivity index (χ4v) is 3.78. The van der Waals surface area contributed by atoms with Crippen molar-refractivity contribution in [1.29, 1.82) is 0 Å². The Morgan fingerprint density at radius 2 is 2.05 bits per heavy atom. The molecular weight excluding hydrogens is 286 g/mol. The summed E-state index contributed by atoms with van der Waals surface area (Å²) in [5, 5.41) is 13.2. The van der Waals surface area contributed by atoms with Crippen LogP contribution in [0, 0.1) is 19.8 Å². The third kappa shape index (κ3) is 4.17. The lowest BCUT2D eigenvalue weighted by molar-refractivity contribution is 0.134. The average Bonchev–Trinajstić information content (AvgIpc) is 2.82. The van der Waals surface area contributed by atoms with E-state index in [0.717, 1.165) is 41.3 Å². The second-order valence-electron chi connectivity index (χ2n) is 5.87. The molecule has 0 aliphatic heterocycles. The molecule has 2 amide bonds. The van der Waals surface area contributed by atoms with E-state index >= 15 is 0 Å². The molecular formula is C15H25N3O2S. The van der Waals surface area contributed by atoms with E-state index in [2.05, 4.69) is 10.3 Å². The van der Waals surface area contributed by atoms with Crippen LogP contribution in [0.3, 0.4) is 0 Å². The summed E-state index contributed by atoms with van der Waals surface area (Å²) in [5.74, 6) is 0.417. The summed E-state index contributed by atoms with van der Waals surface area (Å²) in [6.45, 7) is 4.78. The second kappa shape index (κ2) is 7.22. The summed E-state index contributed by atoms with van der Waals surface area (Å²) in [6, 6.07) is 0.269. The SMILES string of the molecule is Cc1nc(C)c(CNC(=O)N(C)C2CCC(CO)CC2)s1. The molecule has 0 spiro atoms. The van der Waals surface area contributed by atoms with Gasteiger partial charge in [-0.25, -0.2) is 9.78 Å². The summed E-state index contributed by atoms with van der Waals surface area (Å²) in [7, 11) is 1.87. The Balaban J connectivity index is 1.81. The first-order valence-electron chi connectivity index (χ1n) is 7.55. The monoisotopic (exact) mass is 311 g/mol. The van der Waals surface area contributed by atoms with Crippen molar-refractivity contribution in [3.8, 4) is 0 Å².